The van der Waals surface area contributed by atoms with Crippen molar-refractivity contribution in [2.75, 3.05) is 6.54 Å². The van der Waals surface area contributed by atoms with Gasteiger partial charge in [0.25, 0.3) is 0 Å². The molecule has 5 nitrogen and oxygen atoms in total. The van der Waals surface area contributed by atoms with Gasteiger partial charge in [-0.15, -0.1) is 0 Å². The third kappa shape index (κ3) is 2.24. The van der Waals surface area contributed by atoms with Crippen LogP contribution in [0.5, 0.6) is 0 Å². The van der Waals surface area contributed by atoms with Crippen LogP contribution in [0.15, 0.2) is 12.5 Å². The third-order valence-electron chi connectivity index (χ3n) is 3.36. The number of aromatic amines is 1. The van der Waals surface area contributed by atoms with Gasteiger partial charge in [0.05, 0.1) is 6.33 Å². The van der Waals surface area contributed by atoms with Gasteiger partial charge in [-0.3, -0.25) is 0 Å². The van der Waals surface area contributed by atoms with Crippen molar-refractivity contribution in [2.24, 2.45) is 23.5 Å². The Balaban J connectivity index is 1.91. The molecule has 1 aromatic heterocycles. The zero-order valence-electron chi connectivity index (χ0n) is 9.06. The molecule has 1 aromatic rings. The minimum atomic E-state index is -0.925. The summed E-state index contributed by atoms with van der Waals surface area (Å²) < 4.78 is 0. The molecule has 16 heavy (non-hydrogen) atoms. The van der Waals surface area contributed by atoms with Gasteiger partial charge in [-0.1, -0.05) is 0 Å². The first-order valence-electron chi connectivity index (χ1n) is 5.62. The minimum absolute atomic E-state index is 0.192. The Hall–Kier alpha value is -1.36. The van der Waals surface area contributed by atoms with Crippen molar-refractivity contribution in [1.82, 2.24) is 9.97 Å². The van der Waals surface area contributed by atoms with Crippen molar-refractivity contribution in [3.05, 3.63) is 18.2 Å². The fourth-order valence-corrected chi connectivity index (χ4v) is 2.47. The van der Waals surface area contributed by atoms with E-state index < -0.39 is 5.97 Å². The molecule has 2 rings (SSSR count). The molecule has 88 valence electrons. The molecule has 0 saturated heterocycles. The van der Waals surface area contributed by atoms with Crippen LogP contribution in [0.1, 0.15) is 18.5 Å². The zero-order valence-corrected chi connectivity index (χ0v) is 9.06. The molecule has 5 heteroatoms. The Bertz CT molecular complexity index is 350. The Labute approximate surface area is 94.1 Å². The van der Waals surface area contributed by atoms with Crippen molar-refractivity contribution in [2.45, 2.75) is 19.3 Å². The molecule has 3 N–H and O–H groups in total. The number of nitrogens with one attached hydrogen (secondary N) is 1. The smallest absolute Gasteiger partial charge is 0.0921 e. The average molecular weight is 222 g/mol. The molecule has 0 spiro atoms. The molecule has 1 fully saturated rings. The molecule has 1 heterocycles. The second-order valence-corrected chi connectivity index (χ2v) is 4.38. The topological polar surface area (TPSA) is 94.8 Å². The number of aromatic nitrogens is 2. The van der Waals surface area contributed by atoms with Crippen LogP contribution in [0.25, 0.3) is 0 Å². The number of H-pyrrole nitrogens is 1. The lowest BCUT2D eigenvalue weighted by molar-refractivity contribution is -0.308. The van der Waals surface area contributed by atoms with Gasteiger partial charge in [0.15, 0.2) is 0 Å². The summed E-state index contributed by atoms with van der Waals surface area (Å²) in [5.74, 6) is -0.796. The summed E-state index contributed by atoms with van der Waals surface area (Å²) in [6, 6.07) is 0. The standard InChI is InChI=1S/C11H17N3O2/c12-3-1-2-8-9(10(8)11(15)16)4-7-5-13-6-14-7/h5-6,8-10H,1-4,12H2,(H,13,14)(H,15,16)/p-1. The number of hydrogen-bond acceptors (Lipinski definition) is 4. The van der Waals surface area contributed by atoms with Crippen molar-refractivity contribution < 1.29 is 9.90 Å². The van der Waals surface area contributed by atoms with Gasteiger partial charge in [-0.25, -0.2) is 4.98 Å². The highest BCUT2D eigenvalue weighted by Gasteiger charge is 2.49. The summed E-state index contributed by atoms with van der Waals surface area (Å²) in [6.45, 7) is 0.618. The van der Waals surface area contributed by atoms with Crippen molar-refractivity contribution in [3.8, 4) is 0 Å². The van der Waals surface area contributed by atoms with E-state index in [0.29, 0.717) is 6.54 Å². The summed E-state index contributed by atoms with van der Waals surface area (Å²) in [4.78, 5) is 17.8. The third-order valence-corrected chi connectivity index (χ3v) is 3.36. The number of nitrogens with zero attached hydrogens (tertiary/aromatic N) is 1. The van der Waals surface area contributed by atoms with E-state index in [1.165, 1.54) is 0 Å². The van der Waals surface area contributed by atoms with Gasteiger partial charge in [0.1, 0.15) is 0 Å². The van der Waals surface area contributed by atoms with E-state index in [9.17, 15) is 9.90 Å². The van der Waals surface area contributed by atoms with E-state index in [2.05, 4.69) is 9.97 Å². The molecule has 0 aliphatic heterocycles. The maximum atomic E-state index is 10.9. The normalized spacial score (nSPS) is 27.9. The van der Waals surface area contributed by atoms with Gasteiger partial charge in [-0.2, -0.15) is 0 Å². The van der Waals surface area contributed by atoms with Crippen molar-refractivity contribution in [3.63, 3.8) is 0 Å². The molecular formula is C11H16N3O2-. The van der Waals surface area contributed by atoms with Crippen LogP contribution in [-0.2, 0) is 11.2 Å². The number of carbonyl (C=O) groups excluding carboxylic acids is 1. The fraction of sp³-hybridized carbons (Fsp3) is 0.636. The Morgan fingerprint density at radius 3 is 2.94 bits per heavy atom. The van der Waals surface area contributed by atoms with E-state index in [-0.39, 0.29) is 17.8 Å². The number of carboxylic acids is 1. The molecule has 3 atom stereocenters. The van der Waals surface area contributed by atoms with E-state index in [1.807, 2.05) is 0 Å². The number of rotatable bonds is 6. The number of nitrogens with two attached hydrogens (primary N) is 1. The number of carboxylic acid groups (broad SMARTS) is 1. The van der Waals surface area contributed by atoms with E-state index in [4.69, 9.17) is 5.73 Å². The largest absolute Gasteiger partial charge is 0.550 e. The van der Waals surface area contributed by atoms with Crippen molar-refractivity contribution >= 4 is 5.97 Å². The van der Waals surface area contributed by atoms with Crippen LogP contribution in [0.4, 0.5) is 0 Å². The van der Waals surface area contributed by atoms with Crippen LogP contribution in [-0.4, -0.2) is 22.5 Å². The summed E-state index contributed by atoms with van der Waals surface area (Å²) in [6.07, 6.45) is 5.86. The lowest BCUT2D eigenvalue weighted by atomic mass is 10.1. The Morgan fingerprint density at radius 1 is 1.56 bits per heavy atom. The zero-order chi connectivity index (χ0) is 11.5. The number of hydrogen-bond donors (Lipinski definition) is 2. The van der Waals surface area contributed by atoms with Gasteiger partial charge in [-0.05, 0) is 37.6 Å². The number of imidazole rings is 1. The molecule has 1 saturated carbocycles. The van der Waals surface area contributed by atoms with Crippen LogP contribution >= 0.6 is 0 Å². The first-order valence-corrected chi connectivity index (χ1v) is 5.62. The van der Waals surface area contributed by atoms with Gasteiger partial charge in [0.2, 0.25) is 0 Å². The van der Waals surface area contributed by atoms with Crippen LogP contribution in [0.3, 0.4) is 0 Å². The predicted molar refractivity (Wildman–Crippen MR) is 56.1 cm³/mol. The van der Waals surface area contributed by atoms with E-state index >= 15 is 0 Å². The molecule has 0 bridgehead atoms. The lowest BCUT2D eigenvalue weighted by Gasteiger charge is -1.98. The second kappa shape index (κ2) is 4.65. The van der Waals surface area contributed by atoms with Crippen LogP contribution in [0.2, 0.25) is 0 Å². The number of aliphatic carboxylic acids is 1. The summed E-state index contributed by atoms with van der Waals surface area (Å²) >= 11 is 0. The van der Waals surface area contributed by atoms with Gasteiger partial charge < -0.3 is 20.6 Å². The monoisotopic (exact) mass is 222 g/mol. The first kappa shape index (κ1) is 11.1. The lowest BCUT2D eigenvalue weighted by Crippen LogP contribution is -2.25. The highest BCUT2D eigenvalue weighted by molar-refractivity contribution is 5.72. The summed E-state index contributed by atoms with van der Waals surface area (Å²) in [7, 11) is 0. The highest BCUT2D eigenvalue weighted by atomic mass is 16.4. The second-order valence-electron chi connectivity index (χ2n) is 4.38. The molecule has 0 aromatic carbocycles. The maximum Gasteiger partial charge on any atom is 0.0921 e. The Morgan fingerprint density at radius 2 is 2.38 bits per heavy atom. The number of carbonyl (C=O) groups is 1. The van der Waals surface area contributed by atoms with Crippen molar-refractivity contribution in [1.29, 1.82) is 0 Å². The molecule has 0 radical (unpaired) electrons. The van der Waals surface area contributed by atoms with E-state index in [1.54, 1.807) is 12.5 Å². The van der Waals surface area contributed by atoms with Crippen LogP contribution < -0.4 is 10.8 Å². The minimum Gasteiger partial charge on any atom is -0.550 e. The SMILES string of the molecule is NCCCC1C(Cc2cnc[nH]2)C1C(=O)[O-]. The Kier molecular flexibility index (Phi) is 3.24. The molecular weight excluding hydrogens is 206 g/mol. The summed E-state index contributed by atoms with van der Waals surface area (Å²) in [5.41, 5.74) is 6.42. The predicted octanol–water partition coefficient (Wildman–Crippen LogP) is -0.697. The molecule has 1 aliphatic carbocycles. The van der Waals surface area contributed by atoms with Crippen LogP contribution in [0, 0.1) is 17.8 Å². The van der Waals surface area contributed by atoms with Gasteiger partial charge >= 0.3 is 0 Å². The molecule has 1 aliphatic rings. The average Bonchev–Trinajstić information content (AvgIpc) is 2.68. The molecule has 0 amide bonds. The van der Waals surface area contributed by atoms with Gasteiger partial charge in [0, 0.05) is 23.8 Å². The maximum absolute atomic E-state index is 10.9. The molecule has 3 unspecified atom stereocenters. The summed E-state index contributed by atoms with van der Waals surface area (Å²) in [5, 5.41) is 10.9. The van der Waals surface area contributed by atoms with E-state index in [0.717, 1.165) is 25.0 Å². The fourth-order valence-electron chi connectivity index (χ4n) is 2.47. The first-order chi connectivity index (χ1) is 7.74. The highest BCUT2D eigenvalue weighted by Crippen LogP contribution is 2.50. The quantitative estimate of drug-likeness (QED) is 0.665.